The van der Waals surface area contributed by atoms with Gasteiger partial charge in [0, 0.05) is 13.7 Å². The summed E-state index contributed by atoms with van der Waals surface area (Å²) in [5.41, 5.74) is 1.75. The van der Waals surface area contributed by atoms with Crippen LogP contribution in [-0.2, 0) is 9.53 Å². The fourth-order valence-corrected chi connectivity index (χ4v) is 2.87. The Morgan fingerprint density at radius 3 is 2.67 bits per heavy atom. The van der Waals surface area contributed by atoms with Gasteiger partial charge in [0.15, 0.2) is 0 Å². The lowest BCUT2D eigenvalue weighted by molar-refractivity contribution is -0.129. The molecule has 0 saturated carbocycles. The molecular weight excluding hydrogens is 326 g/mol. The summed E-state index contributed by atoms with van der Waals surface area (Å²) < 4.78 is 5.89. The molecule has 0 radical (unpaired) electrons. The van der Waals surface area contributed by atoms with Gasteiger partial charge < -0.3 is 15.4 Å². The van der Waals surface area contributed by atoms with Crippen LogP contribution >= 0.6 is 12.4 Å². The maximum Gasteiger partial charge on any atom is 0.230 e. The Morgan fingerprint density at radius 1 is 1.21 bits per heavy atom. The van der Waals surface area contributed by atoms with E-state index < -0.39 is 0 Å². The summed E-state index contributed by atoms with van der Waals surface area (Å²) >= 11 is 0. The van der Waals surface area contributed by atoms with Crippen molar-refractivity contribution >= 4 is 29.8 Å². The molecule has 1 aromatic carbocycles. The topological polar surface area (TPSA) is 63.2 Å². The first-order valence-electron chi connectivity index (χ1n) is 7.89. The second-order valence-corrected chi connectivity index (χ2v) is 5.62. The van der Waals surface area contributed by atoms with Gasteiger partial charge in [0.1, 0.15) is 5.82 Å². The smallest absolute Gasteiger partial charge is 0.230 e. The van der Waals surface area contributed by atoms with Crippen molar-refractivity contribution in [2.24, 2.45) is 5.92 Å². The zero-order valence-corrected chi connectivity index (χ0v) is 14.4. The van der Waals surface area contributed by atoms with Gasteiger partial charge >= 0.3 is 0 Å². The summed E-state index contributed by atoms with van der Waals surface area (Å²) in [6.07, 6.45) is 3.20. The first kappa shape index (κ1) is 18.2. The van der Waals surface area contributed by atoms with E-state index >= 15 is 0 Å². The number of nitrogens with zero attached hydrogens (tertiary/aromatic N) is 1. The van der Waals surface area contributed by atoms with Crippen molar-refractivity contribution in [3.63, 3.8) is 0 Å². The summed E-state index contributed by atoms with van der Waals surface area (Å²) in [6, 6.07) is 13.6. The summed E-state index contributed by atoms with van der Waals surface area (Å²) in [5.74, 6) is 0.568. The minimum absolute atomic E-state index is 0. The highest BCUT2D eigenvalue weighted by molar-refractivity contribution is 5.93. The van der Waals surface area contributed by atoms with Gasteiger partial charge in [-0.05, 0) is 30.5 Å². The van der Waals surface area contributed by atoms with Crippen molar-refractivity contribution in [3.8, 4) is 0 Å². The monoisotopic (exact) mass is 347 g/mol. The number of nitrogens with one attached hydrogen (secondary N) is 2. The van der Waals surface area contributed by atoms with E-state index in [-0.39, 0.29) is 30.3 Å². The van der Waals surface area contributed by atoms with E-state index in [1.54, 1.807) is 6.20 Å². The molecule has 1 saturated heterocycles. The molecule has 5 nitrogen and oxygen atoms in total. The third kappa shape index (κ3) is 4.24. The summed E-state index contributed by atoms with van der Waals surface area (Å²) in [5, 5.41) is 5.91. The summed E-state index contributed by atoms with van der Waals surface area (Å²) in [4.78, 5) is 16.9. The molecule has 0 aliphatic carbocycles. The molecule has 6 heteroatoms. The summed E-state index contributed by atoms with van der Waals surface area (Å²) in [6.45, 7) is 0.696. The molecule has 2 aromatic rings. The van der Waals surface area contributed by atoms with Gasteiger partial charge in [0.05, 0.1) is 23.9 Å². The molecule has 2 unspecified atom stereocenters. The van der Waals surface area contributed by atoms with Crippen LogP contribution in [0.5, 0.6) is 0 Å². The first-order chi connectivity index (χ1) is 11.3. The van der Waals surface area contributed by atoms with E-state index in [0.717, 1.165) is 24.2 Å². The van der Waals surface area contributed by atoms with Crippen molar-refractivity contribution in [2.75, 3.05) is 24.3 Å². The van der Waals surface area contributed by atoms with Crippen LogP contribution in [0.2, 0.25) is 0 Å². The predicted molar refractivity (Wildman–Crippen MR) is 97.5 cm³/mol. The molecule has 0 spiro atoms. The number of rotatable bonds is 4. The number of aromatic nitrogens is 1. The summed E-state index contributed by atoms with van der Waals surface area (Å²) in [7, 11) is 1.81. The second-order valence-electron chi connectivity index (χ2n) is 5.62. The Kier molecular flexibility index (Phi) is 6.58. The number of benzene rings is 1. The standard InChI is InChI=1S/C18H21N3O2.ClH/c1-19-16-10-9-14(12-20-16)21-18(22)15-8-5-11-23-17(15)13-6-3-2-4-7-13;/h2-4,6-7,9-10,12,15,17H,5,8,11H2,1H3,(H,19,20)(H,21,22);1H. The van der Waals surface area contributed by atoms with Crippen molar-refractivity contribution in [1.29, 1.82) is 0 Å². The van der Waals surface area contributed by atoms with Gasteiger partial charge in [-0.2, -0.15) is 0 Å². The van der Waals surface area contributed by atoms with Crippen LogP contribution in [-0.4, -0.2) is 24.5 Å². The number of ether oxygens (including phenoxy) is 1. The van der Waals surface area contributed by atoms with Gasteiger partial charge in [0.25, 0.3) is 0 Å². The van der Waals surface area contributed by atoms with Crippen LogP contribution in [0.3, 0.4) is 0 Å². The van der Waals surface area contributed by atoms with Crippen LogP contribution in [0.4, 0.5) is 11.5 Å². The number of hydrogen-bond acceptors (Lipinski definition) is 4. The Morgan fingerprint density at radius 2 is 2.00 bits per heavy atom. The van der Waals surface area contributed by atoms with E-state index in [2.05, 4.69) is 15.6 Å². The van der Waals surface area contributed by atoms with Crippen molar-refractivity contribution in [3.05, 3.63) is 54.2 Å². The molecule has 3 rings (SSSR count). The van der Waals surface area contributed by atoms with Crippen molar-refractivity contribution < 1.29 is 9.53 Å². The van der Waals surface area contributed by atoms with E-state index in [9.17, 15) is 4.79 Å². The molecule has 24 heavy (non-hydrogen) atoms. The largest absolute Gasteiger partial charge is 0.373 e. The Bertz CT molecular complexity index is 649. The molecule has 1 aromatic heterocycles. The average Bonchev–Trinajstić information content (AvgIpc) is 2.63. The van der Waals surface area contributed by atoms with Gasteiger partial charge in [-0.3, -0.25) is 4.79 Å². The first-order valence-corrected chi connectivity index (χ1v) is 7.89. The Hall–Kier alpha value is -2.11. The average molecular weight is 348 g/mol. The van der Waals surface area contributed by atoms with E-state index in [1.165, 1.54) is 0 Å². The number of hydrogen-bond donors (Lipinski definition) is 2. The number of halogens is 1. The van der Waals surface area contributed by atoms with E-state index in [4.69, 9.17) is 4.74 Å². The zero-order chi connectivity index (χ0) is 16.1. The normalized spacial score (nSPS) is 19.9. The van der Waals surface area contributed by atoms with Gasteiger partial charge in [0.2, 0.25) is 5.91 Å². The van der Waals surface area contributed by atoms with Crippen LogP contribution < -0.4 is 10.6 Å². The highest BCUT2D eigenvalue weighted by Gasteiger charge is 2.33. The molecule has 0 bridgehead atoms. The van der Waals surface area contributed by atoms with E-state index in [1.807, 2.05) is 49.5 Å². The van der Waals surface area contributed by atoms with Crippen LogP contribution in [0.15, 0.2) is 48.7 Å². The number of carbonyl (C=O) groups excluding carboxylic acids is 1. The second kappa shape index (κ2) is 8.66. The highest BCUT2D eigenvalue weighted by atomic mass is 35.5. The molecule has 1 aliphatic rings. The maximum atomic E-state index is 12.7. The number of amides is 1. The molecule has 128 valence electrons. The SMILES string of the molecule is CNc1ccc(NC(=O)C2CCCOC2c2ccccc2)cn1.Cl. The highest BCUT2D eigenvalue weighted by Crippen LogP contribution is 2.34. The third-order valence-corrected chi connectivity index (χ3v) is 4.07. The Balaban J connectivity index is 0.00000208. The molecule has 2 N–H and O–H groups in total. The maximum absolute atomic E-state index is 12.7. The van der Waals surface area contributed by atoms with Crippen molar-refractivity contribution in [2.45, 2.75) is 18.9 Å². The van der Waals surface area contributed by atoms with E-state index in [0.29, 0.717) is 12.3 Å². The van der Waals surface area contributed by atoms with Crippen LogP contribution in [0.25, 0.3) is 0 Å². The lowest BCUT2D eigenvalue weighted by atomic mass is 9.88. The molecule has 2 atom stereocenters. The van der Waals surface area contributed by atoms with Crippen molar-refractivity contribution in [1.82, 2.24) is 4.98 Å². The lowest BCUT2D eigenvalue weighted by Crippen LogP contribution is -2.33. The van der Waals surface area contributed by atoms with Gasteiger partial charge in [-0.15, -0.1) is 12.4 Å². The predicted octanol–water partition coefficient (Wildman–Crippen LogP) is 3.65. The number of carbonyl (C=O) groups is 1. The third-order valence-electron chi connectivity index (χ3n) is 4.07. The lowest BCUT2D eigenvalue weighted by Gasteiger charge is -2.31. The molecule has 1 amide bonds. The fraction of sp³-hybridized carbons (Fsp3) is 0.333. The molecule has 1 fully saturated rings. The van der Waals surface area contributed by atoms with Crippen LogP contribution in [0, 0.1) is 5.92 Å². The number of anilines is 2. The minimum atomic E-state index is -0.186. The Labute approximate surface area is 148 Å². The van der Waals surface area contributed by atoms with Gasteiger partial charge in [-0.1, -0.05) is 30.3 Å². The minimum Gasteiger partial charge on any atom is -0.373 e. The molecule has 2 heterocycles. The molecular formula is C18H22ClN3O2. The fourth-order valence-electron chi connectivity index (χ4n) is 2.87. The molecule has 1 aliphatic heterocycles. The number of pyridine rings is 1. The quantitative estimate of drug-likeness (QED) is 0.886. The van der Waals surface area contributed by atoms with Gasteiger partial charge in [-0.25, -0.2) is 4.98 Å². The van der Waals surface area contributed by atoms with Crippen LogP contribution in [0.1, 0.15) is 24.5 Å². The zero-order valence-electron chi connectivity index (χ0n) is 13.6.